The van der Waals surface area contributed by atoms with Gasteiger partial charge in [-0.05, 0) is 41.3 Å². The molecule has 0 unspecified atom stereocenters. The first kappa shape index (κ1) is 11.7. The Kier molecular flexibility index (Phi) is 3.48. The molecular formula is C16H18O. The van der Waals surface area contributed by atoms with E-state index in [0.717, 1.165) is 18.4 Å². The SMILES string of the molecule is CC/C=C(\O)c1cc2ccccc2cc1CC. The van der Waals surface area contributed by atoms with Gasteiger partial charge in [0.15, 0.2) is 0 Å². The molecule has 0 spiro atoms. The van der Waals surface area contributed by atoms with Crippen LogP contribution in [-0.4, -0.2) is 5.11 Å². The van der Waals surface area contributed by atoms with Crippen molar-refractivity contribution in [1.82, 2.24) is 0 Å². The summed E-state index contributed by atoms with van der Waals surface area (Å²) in [7, 11) is 0. The molecule has 1 heteroatoms. The largest absolute Gasteiger partial charge is 0.508 e. The molecule has 0 bridgehead atoms. The van der Waals surface area contributed by atoms with Crippen LogP contribution in [0.3, 0.4) is 0 Å². The average molecular weight is 226 g/mol. The van der Waals surface area contributed by atoms with Crippen molar-refractivity contribution in [3.63, 3.8) is 0 Å². The minimum atomic E-state index is 0.398. The maximum atomic E-state index is 10.1. The monoisotopic (exact) mass is 226 g/mol. The summed E-state index contributed by atoms with van der Waals surface area (Å²) in [5.41, 5.74) is 2.17. The highest BCUT2D eigenvalue weighted by atomic mass is 16.3. The van der Waals surface area contributed by atoms with Crippen LogP contribution in [0.15, 0.2) is 42.5 Å². The summed E-state index contributed by atoms with van der Waals surface area (Å²) in [6.45, 7) is 4.15. The van der Waals surface area contributed by atoms with Crippen molar-refractivity contribution in [2.75, 3.05) is 0 Å². The normalized spacial score (nSPS) is 12.0. The summed E-state index contributed by atoms with van der Waals surface area (Å²) >= 11 is 0. The van der Waals surface area contributed by atoms with Gasteiger partial charge in [-0.1, -0.05) is 44.2 Å². The fourth-order valence-corrected chi connectivity index (χ4v) is 2.12. The molecule has 0 atom stereocenters. The van der Waals surface area contributed by atoms with E-state index < -0.39 is 0 Å². The van der Waals surface area contributed by atoms with Gasteiger partial charge in [-0.2, -0.15) is 0 Å². The summed E-state index contributed by atoms with van der Waals surface area (Å²) in [4.78, 5) is 0. The number of aliphatic hydroxyl groups excluding tert-OH is 1. The van der Waals surface area contributed by atoms with Crippen LogP contribution < -0.4 is 0 Å². The summed E-state index contributed by atoms with van der Waals surface area (Å²) < 4.78 is 0. The molecule has 0 saturated carbocycles. The van der Waals surface area contributed by atoms with E-state index in [0.29, 0.717) is 5.76 Å². The van der Waals surface area contributed by atoms with Gasteiger partial charge in [0.2, 0.25) is 0 Å². The second-order valence-corrected chi connectivity index (χ2v) is 4.21. The molecule has 0 fully saturated rings. The Morgan fingerprint density at radius 1 is 1.12 bits per heavy atom. The third-order valence-electron chi connectivity index (χ3n) is 3.03. The van der Waals surface area contributed by atoms with Gasteiger partial charge in [0.05, 0.1) is 0 Å². The molecule has 17 heavy (non-hydrogen) atoms. The predicted octanol–water partition coefficient (Wildman–Crippen LogP) is 4.71. The maximum Gasteiger partial charge on any atom is 0.119 e. The number of rotatable bonds is 3. The van der Waals surface area contributed by atoms with Gasteiger partial charge in [0.25, 0.3) is 0 Å². The quantitative estimate of drug-likeness (QED) is 0.751. The molecule has 1 N–H and O–H groups in total. The van der Waals surface area contributed by atoms with E-state index >= 15 is 0 Å². The Morgan fingerprint density at radius 2 is 1.76 bits per heavy atom. The van der Waals surface area contributed by atoms with E-state index in [-0.39, 0.29) is 0 Å². The minimum absolute atomic E-state index is 0.398. The first-order valence-electron chi connectivity index (χ1n) is 6.17. The highest BCUT2D eigenvalue weighted by Crippen LogP contribution is 2.25. The number of hydrogen-bond acceptors (Lipinski definition) is 1. The first-order chi connectivity index (χ1) is 8.26. The lowest BCUT2D eigenvalue weighted by atomic mass is 9.97. The van der Waals surface area contributed by atoms with Crippen molar-refractivity contribution >= 4 is 16.5 Å². The topological polar surface area (TPSA) is 20.2 Å². The van der Waals surface area contributed by atoms with Crippen molar-refractivity contribution in [2.45, 2.75) is 26.7 Å². The van der Waals surface area contributed by atoms with Crippen molar-refractivity contribution in [3.05, 3.63) is 53.6 Å². The Bertz CT molecular complexity index is 552. The Balaban J connectivity index is 2.65. The minimum Gasteiger partial charge on any atom is -0.508 e. The van der Waals surface area contributed by atoms with Gasteiger partial charge < -0.3 is 5.11 Å². The molecule has 0 heterocycles. The summed E-state index contributed by atoms with van der Waals surface area (Å²) in [5, 5.41) is 12.5. The second kappa shape index (κ2) is 5.05. The standard InChI is InChI=1S/C16H18O/c1-3-7-16(17)15-11-14-9-6-5-8-13(14)10-12(15)4-2/h5-11,17H,3-4H2,1-2H3/b16-7-. The van der Waals surface area contributed by atoms with Crippen molar-refractivity contribution in [2.24, 2.45) is 0 Å². The van der Waals surface area contributed by atoms with E-state index in [2.05, 4.69) is 31.2 Å². The zero-order chi connectivity index (χ0) is 12.3. The van der Waals surface area contributed by atoms with Crippen LogP contribution in [0, 0.1) is 0 Å². The summed E-state index contributed by atoms with van der Waals surface area (Å²) in [6.07, 6.45) is 3.65. The predicted molar refractivity (Wildman–Crippen MR) is 74.2 cm³/mol. The molecule has 0 radical (unpaired) electrons. The number of allylic oxidation sites excluding steroid dienone is 1. The highest BCUT2D eigenvalue weighted by Gasteiger charge is 2.06. The van der Waals surface area contributed by atoms with Crippen molar-refractivity contribution < 1.29 is 5.11 Å². The zero-order valence-electron chi connectivity index (χ0n) is 10.4. The van der Waals surface area contributed by atoms with Crippen LogP contribution in [0.5, 0.6) is 0 Å². The molecule has 0 aliphatic carbocycles. The van der Waals surface area contributed by atoms with E-state index in [4.69, 9.17) is 0 Å². The molecule has 0 amide bonds. The third kappa shape index (κ3) is 2.33. The van der Waals surface area contributed by atoms with E-state index in [1.807, 2.05) is 25.1 Å². The van der Waals surface area contributed by atoms with Crippen LogP contribution in [0.2, 0.25) is 0 Å². The lowest BCUT2D eigenvalue weighted by molar-refractivity contribution is 0.509. The Morgan fingerprint density at radius 3 is 2.35 bits per heavy atom. The number of fused-ring (bicyclic) bond motifs is 1. The number of aryl methyl sites for hydroxylation is 1. The average Bonchev–Trinajstić information content (AvgIpc) is 2.37. The number of aliphatic hydroxyl groups is 1. The molecule has 0 aliphatic heterocycles. The van der Waals surface area contributed by atoms with E-state index in [1.54, 1.807) is 0 Å². The van der Waals surface area contributed by atoms with E-state index in [1.165, 1.54) is 16.3 Å². The second-order valence-electron chi connectivity index (χ2n) is 4.21. The molecule has 0 aromatic heterocycles. The fraction of sp³-hybridized carbons (Fsp3) is 0.250. The smallest absolute Gasteiger partial charge is 0.119 e. The molecule has 0 saturated heterocycles. The van der Waals surface area contributed by atoms with E-state index in [9.17, 15) is 5.11 Å². The summed E-state index contributed by atoms with van der Waals surface area (Å²) in [5.74, 6) is 0.398. The van der Waals surface area contributed by atoms with Gasteiger partial charge in [-0.25, -0.2) is 0 Å². The molecule has 1 nitrogen and oxygen atoms in total. The molecule has 2 aromatic carbocycles. The Labute approximate surface area is 102 Å². The third-order valence-corrected chi connectivity index (χ3v) is 3.03. The van der Waals surface area contributed by atoms with Crippen LogP contribution in [-0.2, 0) is 6.42 Å². The lowest BCUT2D eigenvalue weighted by Crippen LogP contribution is -1.92. The van der Waals surface area contributed by atoms with Gasteiger partial charge in [0, 0.05) is 5.56 Å². The fourth-order valence-electron chi connectivity index (χ4n) is 2.12. The van der Waals surface area contributed by atoms with Crippen LogP contribution >= 0.6 is 0 Å². The van der Waals surface area contributed by atoms with Crippen LogP contribution in [0.1, 0.15) is 31.4 Å². The zero-order valence-corrected chi connectivity index (χ0v) is 10.4. The van der Waals surface area contributed by atoms with Crippen molar-refractivity contribution in [1.29, 1.82) is 0 Å². The van der Waals surface area contributed by atoms with Crippen LogP contribution in [0.25, 0.3) is 16.5 Å². The molecule has 88 valence electrons. The number of benzene rings is 2. The van der Waals surface area contributed by atoms with Gasteiger partial charge in [-0.3, -0.25) is 0 Å². The Hall–Kier alpha value is -1.76. The number of hydrogen-bond donors (Lipinski definition) is 1. The van der Waals surface area contributed by atoms with Crippen molar-refractivity contribution in [3.8, 4) is 0 Å². The highest BCUT2D eigenvalue weighted by molar-refractivity contribution is 5.87. The lowest BCUT2D eigenvalue weighted by Gasteiger charge is -2.09. The van der Waals surface area contributed by atoms with Gasteiger partial charge in [0.1, 0.15) is 5.76 Å². The molecule has 0 aliphatic rings. The maximum absolute atomic E-state index is 10.1. The summed E-state index contributed by atoms with van der Waals surface area (Å²) in [6, 6.07) is 12.5. The molecule has 2 rings (SSSR count). The molecular weight excluding hydrogens is 208 g/mol. The van der Waals surface area contributed by atoms with Gasteiger partial charge >= 0.3 is 0 Å². The first-order valence-corrected chi connectivity index (χ1v) is 6.17. The molecule has 2 aromatic rings. The van der Waals surface area contributed by atoms with Crippen LogP contribution in [0.4, 0.5) is 0 Å². The van der Waals surface area contributed by atoms with Gasteiger partial charge in [-0.15, -0.1) is 0 Å².